The Labute approximate surface area is 126 Å². The van der Waals surface area contributed by atoms with Gasteiger partial charge in [-0.3, -0.25) is 9.97 Å². The van der Waals surface area contributed by atoms with Gasteiger partial charge in [-0.15, -0.1) is 0 Å². The van der Waals surface area contributed by atoms with Gasteiger partial charge in [0.05, 0.1) is 0 Å². The third-order valence-electron chi connectivity index (χ3n) is 2.56. The number of hydrogen-bond acceptors (Lipinski definition) is 4. The van der Waals surface area contributed by atoms with E-state index in [4.69, 9.17) is 0 Å². The molecule has 0 aliphatic carbocycles. The number of nitrogens with zero attached hydrogens (tertiary/aromatic N) is 4. The van der Waals surface area contributed by atoms with Crippen molar-refractivity contribution in [2.75, 3.05) is 0 Å². The molecule has 0 bridgehead atoms. The van der Waals surface area contributed by atoms with Crippen LogP contribution < -0.4 is 10.6 Å². The molecule has 4 amide bonds. The van der Waals surface area contributed by atoms with Gasteiger partial charge in [0.2, 0.25) is 0 Å². The van der Waals surface area contributed by atoms with Crippen LogP contribution in [0.3, 0.4) is 0 Å². The summed E-state index contributed by atoms with van der Waals surface area (Å²) in [5.41, 5.74) is 1.65. The monoisotopic (exact) mass is 298 g/mol. The zero-order chi connectivity index (χ0) is 15.6. The quantitative estimate of drug-likeness (QED) is 0.842. The van der Waals surface area contributed by atoms with Crippen molar-refractivity contribution in [3.63, 3.8) is 0 Å². The van der Waals surface area contributed by atoms with E-state index in [2.05, 4.69) is 30.8 Å². The van der Waals surface area contributed by atoms with Crippen molar-refractivity contribution in [3.8, 4) is 0 Å². The van der Waals surface area contributed by atoms with Gasteiger partial charge in [0, 0.05) is 37.9 Å². The molecular weight excluding hydrogens is 284 g/mol. The van der Waals surface area contributed by atoms with Crippen molar-refractivity contribution in [1.82, 2.24) is 20.6 Å². The molecule has 0 fully saturated rings. The third-order valence-corrected chi connectivity index (χ3v) is 2.56. The van der Waals surface area contributed by atoms with E-state index in [1.54, 1.807) is 36.9 Å². The van der Waals surface area contributed by atoms with Crippen LogP contribution in [-0.4, -0.2) is 22.0 Å². The summed E-state index contributed by atoms with van der Waals surface area (Å²) in [7, 11) is 0. The molecule has 2 aromatic rings. The number of carbonyl (C=O) groups is 2. The van der Waals surface area contributed by atoms with E-state index in [1.807, 2.05) is 12.1 Å². The standard InChI is InChI=1S/C14H14N6O2/c21-13(17-9-11-3-1-5-15-7-11)19-20-14(22)18-10-12-4-2-6-16-8-12/h1-8H,9-10H2,(H,17,21)(H,18,22)/b20-19+. The van der Waals surface area contributed by atoms with Gasteiger partial charge >= 0.3 is 12.1 Å². The maximum Gasteiger partial charge on any atom is 0.360 e. The van der Waals surface area contributed by atoms with Gasteiger partial charge in [-0.1, -0.05) is 22.4 Å². The van der Waals surface area contributed by atoms with Crippen LogP contribution in [0.5, 0.6) is 0 Å². The van der Waals surface area contributed by atoms with Crippen LogP contribution in [0, 0.1) is 0 Å². The molecule has 2 rings (SSSR count). The molecule has 8 nitrogen and oxygen atoms in total. The molecule has 2 aromatic heterocycles. The van der Waals surface area contributed by atoms with Gasteiger partial charge in [-0.2, -0.15) is 0 Å². The van der Waals surface area contributed by atoms with Gasteiger partial charge in [-0.25, -0.2) is 9.59 Å². The highest BCUT2D eigenvalue weighted by Crippen LogP contribution is 1.96. The summed E-state index contributed by atoms with van der Waals surface area (Å²) in [6.07, 6.45) is 6.52. The molecule has 0 saturated carbocycles. The maximum absolute atomic E-state index is 11.4. The van der Waals surface area contributed by atoms with Crippen LogP contribution >= 0.6 is 0 Å². The minimum atomic E-state index is -0.694. The number of amides is 4. The molecule has 0 aliphatic rings. The van der Waals surface area contributed by atoms with E-state index in [0.717, 1.165) is 11.1 Å². The minimum Gasteiger partial charge on any atom is -0.331 e. The average molecular weight is 298 g/mol. The second-order valence-electron chi connectivity index (χ2n) is 4.24. The van der Waals surface area contributed by atoms with Gasteiger partial charge in [0.15, 0.2) is 0 Å². The van der Waals surface area contributed by atoms with Crippen LogP contribution in [0.1, 0.15) is 11.1 Å². The summed E-state index contributed by atoms with van der Waals surface area (Å²) in [6, 6.07) is 5.75. The molecule has 0 saturated heterocycles. The molecule has 2 N–H and O–H groups in total. The average Bonchev–Trinajstić information content (AvgIpc) is 2.58. The van der Waals surface area contributed by atoms with E-state index in [1.165, 1.54) is 0 Å². The lowest BCUT2D eigenvalue weighted by atomic mass is 10.3. The number of pyridine rings is 2. The second kappa shape index (κ2) is 8.20. The van der Waals surface area contributed by atoms with E-state index < -0.39 is 12.1 Å². The van der Waals surface area contributed by atoms with Crippen molar-refractivity contribution >= 4 is 12.1 Å². The Morgan fingerprint density at radius 2 is 1.32 bits per heavy atom. The van der Waals surface area contributed by atoms with Crippen molar-refractivity contribution in [2.24, 2.45) is 10.2 Å². The summed E-state index contributed by atoms with van der Waals surface area (Å²) in [5, 5.41) is 11.6. The topological polar surface area (TPSA) is 109 Å². The molecule has 0 spiro atoms. The Morgan fingerprint density at radius 1 is 0.864 bits per heavy atom. The highest BCUT2D eigenvalue weighted by molar-refractivity contribution is 5.79. The zero-order valence-electron chi connectivity index (χ0n) is 11.6. The van der Waals surface area contributed by atoms with Crippen molar-refractivity contribution in [2.45, 2.75) is 13.1 Å². The Hall–Kier alpha value is -3.16. The van der Waals surface area contributed by atoms with Gasteiger partial charge in [0.25, 0.3) is 0 Å². The SMILES string of the molecule is O=C(/N=N/C(=O)NCc1cccnc1)NCc1cccnc1. The first-order valence-electron chi connectivity index (χ1n) is 6.49. The molecule has 0 atom stereocenters. The van der Waals surface area contributed by atoms with Crippen LogP contribution in [0.15, 0.2) is 59.3 Å². The first-order chi connectivity index (χ1) is 10.7. The number of urea groups is 2. The lowest BCUT2D eigenvalue weighted by Gasteiger charge is -2.01. The number of hydrogen-bond donors (Lipinski definition) is 2. The molecular formula is C14H14N6O2. The third kappa shape index (κ3) is 5.45. The summed E-state index contributed by atoms with van der Waals surface area (Å²) in [5.74, 6) is 0. The first kappa shape index (κ1) is 15.2. The van der Waals surface area contributed by atoms with E-state index in [0.29, 0.717) is 0 Å². The van der Waals surface area contributed by atoms with E-state index in [9.17, 15) is 9.59 Å². The molecule has 0 aromatic carbocycles. The van der Waals surface area contributed by atoms with Crippen LogP contribution in [0.2, 0.25) is 0 Å². The summed E-state index contributed by atoms with van der Waals surface area (Å²) in [6.45, 7) is 0.534. The highest BCUT2D eigenvalue weighted by Gasteiger charge is 2.02. The minimum absolute atomic E-state index is 0.267. The summed E-state index contributed by atoms with van der Waals surface area (Å²) < 4.78 is 0. The Morgan fingerprint density at radius 3 is 1.68 bits per heavy atom. The smallest absolute Gasteiger partial charge is 0.331 e. The molecule has 0 radical (unpaired) electrons. The fourth-order valence-corrected chi connectivity index (χ4v) is 1.52. The molecule has 8 heteroatoms. The fourth-order valence-electron chi connectivity index (χ4n) is 1.52. The van der Waals surface area contributed by atoms with E-state index in [-0.39, 0.29) is 13.1 Å². The lowest BCUT2D eigenvalue weighted by molar-refractivity contribution is 0.240. The second-order valence-corrected chi connectivity index (χ2v) is 4.24. The van der Waals surface area contributed by atoms with Crippen molar-refractivity contribution in [3.05, 3.63) is 60.2 Å². The largest absolute Gasteiger partial charge is 0.360 e. The van der Waals surface area contributed by atoms with Gasteiger partial charge < -0.3 is 10.6 Å². The predicted octanol–water partition coefficient (Wildman–Crippen LogP) is 2.05. The van der Waals surface area contributed by atoms with Crippen LogP contribution in [0.4, 0.5) is 9.59 Å². The fraction of sp³-hybridized carbons (Fsp3) is 0.143. The van der Waals surface area contributed by atoms with Crippen LogP contribution in [0.25, 0.3) is 0 Å². The first-order valence-corrected chi connectivity index (χ1v) is 6.49. The van der Waals surface area contributed by atoms with Gasteiger partial charge in [0.1, 0.15) is 0 Å². The molecule has 112 valence electrons. The number of aromatic nitrogens is 2. The van der Waals surface area contributed by atoms with Crippen LogP contribution in [-0.2, 0) is 13.1 Å². The summed E-state index contributed by atoms with van der Waals surface area (Å²) >= 11 is 0. The zero-order valence-corrected chi connectivity index (χ0v) is 11.6. The number of rotatable bonds is 4. The van der Waals surface area contributed by atoms with E-state index >= 15 is 0 Å². The molecule has 2 heterocycles. The molecule has 0 aliphatic heterocycles. The number of carbonyl (C=O) groups excluding carboxylic acids is 2. The normalized spacial score (nSPS) is 10.4. The van der Waals surface area contributed by atoms with Gasteiger partial charge in [-0.05, 0) is 23.3 Å². The highest BCUT2D eigenvalue weighted by atomic mass is 16.2. The number of nitrogens with one attached hydrogen (secondary N) is 2. The van der Waals surface area contributed by atoms with Crippen molar-refractivity contribution < 1.29 is 9.59 Å². The predicted molar refractivity (Wildman–Crippen MR) is 77.8 cm³/mol. The summed E-state index contributed by atoms with van der Waals surface area (Å²) in [4.78, 5) is 30.7. The Kier molecular flexibility index (Phi) is 5.68. The lowest BCUT2D eigenvalue weighted by Crippen LogP contribution is -2.21. The molecule has 0 unspecified atom stereocenters. The Bertz CT molecular complexity index is 587. The maximum atomic E-state index is 11.4. The Balaban J connectivity index is 1.71. The van der Waals surface area contributed by atoms with Crippen molar-refractivity contribution in [1.29, 1.82) is 0 Å². The number of azo groups is 1. The molecule has 22 heavy (non-hydrogen) atoms.